The third-order valence-corrected chi connectivity index (χ3v) is 3.41. The minimum Gasteiger partial charge on any atom is -0.497 e. The Hall–Kier alpha value is -2.00. The molecule has 0 radical (unpaired) electrons. The van der Waals surface area contributed by atoms with Gasteiger partial charge in [0.15, 0.2) is 0 Å². The van der Waals surface area contributed by atoms with Gasteiger partial charge in [-0.2, -0.15) is 0 Å². The Morgan fingerprint density at radius 1 is 1.10 bits per heavy atom. The van der Waals surface area contributed by atoms with Crippen LogP contribution in [-0.2, 0) is 0 Å². The molecule has 0 bridgehead atoms. The summed E-state index contributed by atoms with van der Waals surface area (Å²) in [6.45, 7) is 2.84. The Labute approximate surface area is 126 Å². The van der Waals surface area contributed by atoms with Gasteiger partial charge in [0.05, 0.1) is 19.8 Å². The molecule has 1 N–H and O–H groups in total. The highest BCUT2D eigenvalue weighted by molar-refractivity contribution is 5.43. The van der Waals surface area contributed by atoms with E-state index >= 15 is 0 Å². The van der Waals surface area contributed by atoms with Gasteiger partial charge in [-0.15, -0.1) is 0 Å². The number of ether oxygens (including phenoxy) is 2. The molecule has 1 unspecified atom stereocenters. The van der Waals surface area contributed by atoms with Gasteiger partial charge in [-0.1, -0.05) is 37.3 Å². The van der Waals surface area contributed by atoms with Crippen molar-refractivity contribution in [2.24, 2.45) is 0 Å². The second-order valence-electron chi connectivity index (χ2n) is 4.88. The van der Waals surface area contributed by atoms with Crippen LogP contribution < -0.4 is 14.8 Å². The molecule has 2 aromatic carbocycles. The van der Waals surface area contributed by atoms with Crippen LogP contribution in [0.3, 0.4) is 0 Å². The number of benzene rings is 2. The third kappa shape index (κ3) is 3.76. The van der Waals surface area contributed by atoms with Crippen molar-refractivity contribution in [1.29, 1.82) is 0 Å². The molecule has 0 heterocycles. The van der Waals surface area contributed by atoms with E-state index in [1.807, 2.05) is 37.4 Å². The smallest absolute Gasteiger partial charge is 0.124 e. The first kappa shape index (κ1) is 15.4. The monoisotopic (exact) mass is 285 g/mol. The largest absolute Gasteiger partial charge is 0.497 e. The Kier molecular flexibility index (Phi) is 5.64. The fourth-order valence-electron chi connectivity index (χ4n) is 2.39. The molecule has 0 fully saturated rings. The maximum Gasteiger partial charge on any atom is 0.124 e. The van der Waals surface area contributed by atoms with Crippen molar-refractivity contribution < 1.29 is 9.47 Å². The summed E-state index contributed by atoms with van der Waals surface area (Å²) in [7, 11) is 3.65. The maximum absolute atomic E-state index is 5.88. The van der Waals surface area contributed by atoms with Crippen molar-refractivity contribution in [3.05, 3.63) is 59.7 Å². The summed E-state index contributed by atoms with van der Waals surface area (Å²) >= 11 is 0. The molecular weight excluding hydrogens is 262 g/mol. The van der Waals surface area contributed by atoms with Crippen LogP contribution in [0.15, 0.2) is 48.5 Å². The lowest BCUT2D eigenvalue weighted by atomic mass is 9.98. The lowest BCUT2D eigenvalue weighted by Crippen LogP contribution is -2.18. The predicted octanol–water partition coefficient (Wildman–Crippen LogP) is 3.79. The fraction of sp³-hybridized carbons (Fsp3) is 0.333. The molecule has 112 valence electrons. The molecular formula is C18H23NO2. The van der Waals surface area contributed by atoms with Crippen LogP contribution in [-0.4, -0.2) is 20.8 Å². The number of hydrogen-bond donors (Lipinski definition) is 1. The summed E-state index contributed by atoms with van der Waals surface area (Å²) in [5.41, 5.74) is 2.30. The van der Waals surface area contributed by atoms with Crippen molar-refractivity contribution in [3.63, 3.8) is 0 Å². The van der Waals surface area contributed by atoms with Gasteiger partial charge in [0, 0.05) is 5.56 Å². The molecule has 2 aromatic rings. The van der Waals surface area contributed by atoms with Crippen molar-refractivity contribution >= 4 is 0 Å². The number of hydrogen-bond acceptors (Lipinski definition) is 3. The van der Waals surface area contributed by atoms with Gasteiger partial charge in [0.2, 0.25) is 0 Å². The van der Waals surface area contributed by atoms with E-state index in [2.05, 4.69) is 30.4 Å². The van der Waals surface area contributed by atoms with Gasteiger partial charge in [-0.25, -0.2) is 0 Å². The minimum absolute atomic E-state index is 0.0770. The number of para-hydroxylation sites is 1. The van der Waals surface area contributed by atoms with Crippen molar-refractivity contribution in [1.82, 2.24) is 5.32 Å². The van der Waals surface area contributed by atoms with Crippen LogP contribution in [0.5, 0.6) is 11.5 Å². The van der Waals surface area contributed by atoms with E-state index in [-0.39, 0.29) is 6.04 Å². The lowest BCUT2D eigenvalue weighted by Gasteiger charge is -2.21. The van der Waals surface area contributed by atoms with E-state index in [1.165, 1.54) is 0 Å². The number of methoxy groups -OCH3 is 1. The van der Waals surface area contributed by atoms with E-state index in [1.54, 1.807) is 7.11 Å². The summed E-state index contributed by atoms with van der Waals surface area (Å²) in [5, 5.41) is 3.37. The molecule has 0 amide bonds. The highest BCUT2D eigenvalue weighted by Crippen LogP contribution is 2.31. The molecule has 0 aliphatic carbocycles. The second-order valence-corrected chi connectivity index (χ2v) is 4.88. The standard InChI is InChI=1S/C18H23NO2/c1-4-12-21-17-11-6-5-10-16(17)18(19-2)14-8-7-9-15(13-14)20-3/h5-11,13,18-19H,4,12H2,1-3H3. The molecule has 2 rings (SSSR count). The molecule has 0 aliphatic rings. The molecule has 0 spiro atoms. The molecule has 3 heteroatoms. The maximum atomic E-state index is 5.88. The van der Waals surface area contributed by atoms with E-state index in [4.69, 9.17) is 9.47 Å². The number of rotatable bonds is 7. The summed E-state index contributed by atoms with van der Waals surface area (Å²) < 4.78 is 11.2. The van der Waals surface area contributed by atoms with Crippen LogP contribution in [0.25, 0.3) is 0 Å². The van der Waals surface area contributed by atoms with Crippen molar-refractivity contribution in [2.75, 3.05) is 20.8 Å². The van der Waals surface area contributed by atoms with Crippen LogP contribution in [0.2, 0.25) is 0 Å². The first-order valence-corrected chi connectivity index (χ1v) is 7.33. The quantitative estimate of drug-likeness (QED) is 0.839. The van der Waals surface area contributed by atoms with Crippen LogP contribution in [0.1, 0.15) is 30.5 Å². The zero-order valence-corrected chi connectivity index (χ0v) is 12.9. The van der Waals surface area contributed by atoms with E-state index < -0.39 is 0 Å². The lowest BCUT2D eigenvalue weighted by molar-refractivity contribution is 0.312. The number of nitrogens with one attached hydrogen (secondary N) is 1. The second kappa shape index (κ2) is 7.70. The molecule has 0 saturated heterocycles. The first-order chi connectivity index (χ1) is 10.3. The van der Waals surface area contributed by atoms with E-state index in [9.17, 15) is 0 Å². The Balaban J connectivity index is 2.36. The minimum atomic E-state index is 0.0770. The van der Waals surface area contributed by atoms with Gasteiger partial charge < -0.3 is 14.8 Å². The summed E-state index contributed by atoms with van der Waals surface area (Å²) in [4.78, 5) is 0. The summed E-state index contributed by atoms with van der Waals surface area (Å²) in [5.74, 6) is 1.79. The topological polar surface area (TPSA) is 30.5 Å². The van der Waals surface area contributed by atoms with Gasteiger partial charge in [0.1, 0.15) is 11.5 Å². The zero-order chi connectivity index (χ0) is 15.1. The summed E-state index contributed by atoms with van der Waals surface area (Å²) in [6, 6.07) is 16.4. The Morgan fingerprint density at radius 3 is 2.62 bits per heavy atom. The highest BCUT2D eigenvalue weighted by Gasteiger charge is 2.16. The van der Waals surface area contributed by atoms with E-state index in [0.29, 0.717) is 0 Å². The molecule has 0 saturated carbocycles. The molecule has 0 aromatic heterocycles. The van der Waals surface area contributed by atoms with Crippen molar-refractivity contribution in [2.45, 2.75) is 19.4 Å². The summed E-state index contributed by atoms with van der Waals surface area (Å²) in [6.07, 6.45) is 0.998. The van der Waals surface area contributed by atoms with Crippen LogP contribution in [0, 0.1) is 0 Å². The molecule has 1 atom stereocenters. The highest BCUT2D eigenvalue weighted by atomic mass is 16.5. The Morgan fingerprint density at radius 2 is 1.90 bits per heavy atom. The van der Waals surface area contributed by atoms with Gasteiger partial charge in [-0.3, -0.25) is 0 Å². The predicted molar refractivity (Wildman–Crippen MR) is 86.1 cm³/mol. The van der Waals surface area contributed by atoms with E-state index in [0.717, 1.165) is 35.7 Å². The Bertz CT molecular complexity index is 569. The molecule has 3 nitrogen and oxygen atoms in total. The average molecular weight is 285 g/mol. The van der Waals surface area contributed by atoms with Crippen LogP contribution in [0.4, 0.5) is 0 Å². The first-order valence-electron chi connectivity index (χ1n) is 7.33. The van der Waals surface area contributed by atoms with Gasteiger partial charge >= 0.3 is 0 Å². The zero-order valence-electron chi connectivity index (χ0n) is 12.9. The van der Waals surface area contributed by atoms with Gasteiger partial charge in [0.25, 0.3) is 0 Å². The van der Waals surface area contributed by atoms with Crippen LogP contribution >= 0.6 is 0 Å². The van der Waals surface area contributed by atoms with Gasteiger partial charge in [-0.05, 0) is 37.2 Å². The average Bonchev–Trinajstić information content (AvgIpc) is 2.55. The fourth-order valence-corrected chi connectivity index (χ4v) is 2.39. The molecule has 21 heavy (non-hydrogen) atoms. The normalized spacial score (nSPS) is 12.0. The SMILES string of the molecule is CCCOc1ccccc1C(NC)c1cccc(OC)c1. The molecule has 0 aliphatic heterocycles. The third-order valence-electron chi connectivity index (χ3n) is 3.41. The van der Waals surface area contributed by atoms with Crippen molar-refractivity contribution in [3.8, 4) is 11.5 Å².